The standard InChI is InChI=1S/C12H18N2OS/c1-4-9-13-12(16)14(2)10-5-7-11(15-3)8-6-10/h5-8H,4,9H2,1-3H3,(H,13,16). The molecule has 1 aromatic rings. The van der Waals surface area contributed by atoms with Crippen molar-refractivity contribution in [3.05, 3.63) is 24.3 Å². The molecule has 0 atom stereocenters. The molecular formula is C12H18N2OS. The predicted octanol–water partition coefficient (Wildman–Crippen LogP) is 2.42. The monoisotopic (exact) mass is 238 g/mol. The summed E-state index contributed by atoms with van der Waals surface area (Å²) in [5, 5.41) is 3.93. The zero-order chi connectivity index (χ0) is 12.0. The summed E-state index contributed by atoms with van der Waals surface area (Å²) in [5.41, 5.74) is 1.05. The molecule has 0 aliphatic rings. The topological polar surface area (TPSA) is 24.5 Å². The van der Waals surface area contributed by atoms with E-state index in [-0.39, 0.29) is 0 Å². The van der Waals surface area contributed by atoms with Crippen LogP contribution in [0.5, 0.6) is 5.75 Å². The maximum atomic E-state index is 5.27. The Kier molecular flexibility index (Phi) is 5.05. The lowest BCUT2D eigenvalue weighted by atomic mass is 10.3. The number of hydrogen-bond donors (Lipinski definition) is 1. The molecule has 0 aliphatic heterocycles. The summed E-state index contributed by atoms with van der Waals surface area (Å²) < 4.78 is 5.11. The van der Waals surface area contributed by atoms with Crippen molar-refractivity contribution in [3.8, 4) is 5.75 Å². The van der Waals surface area contributed by atoms with Crippen LogP contribution < -0.4 is 15.0 Å². The molecule has 0 heterocycles. The number of ether oxygens (including phenoxy) is 1. The number of anilines is 1. The molecule has 3 nitrogen and oxygen atoms in total. The van der Waals surface area contributed by atoms with Gasteiger partial charge >= 0.3 is 0 Å². The number of nitrogens with zero attached hydrogens (tertiary/aromatic N) is 1. The molecule has 0 aromatic heterocycles. The lowest BCUT2D eigenvalue weighted by molar-refractivity contribution is 0.415. The Morgan fingerprint density at radius 1 is 1.38 bits per heavy atom. The van der Waals surface area contributed by atoms with E-state index < -0.39 is 0 Å². The smallest absolute Gasteiger partial charge is 0.173 e. The molecule has 16 heavy (non-hydrogen) atoms. The lowest BCUT2D eigenvalue weighted by Gasteiger charge is -2.21. The van der Waals surface area contributed by atoms with Crippen LogP contribution in [0.15, 0.2) is 24.3 Å². The van der Waals surface area contributed by atoms with Crippen LogP contribution in [0.2, 0.25) is 0 Å². The molecule has 0 spiro atoms. The summed E-state index contributed by atoms with van der Waals surface area (Å²) >= 11 is 5.27. The van der Waals surface area contributed by atoms with Gasteiger partial charge < -0.3 is 15.0 Å². The lowest BCUT2D eigenvalue weighted by Crippen LogP contribution is -2.37. The fourth-order valence-electron chi connectivity index (χ4n) is 1.27. The summed E-state index contributed by atoms with van der Waals surface area (Å²) in [7, 11) is 3.61. The quantitative estimate of drug-likeness (QED) is 0.814. The molecule has 0 unspecified atom stereocenters. The fraction of sp³-hybridized carbons (Fsp3) is 0.417. The molecule has 0 amide bonds. The van der Waals surface area contributed by atoms with Gasteiger partial charge in [-0.25, -0.2) is 0 Å². The number of thiocarbonyl (C=S) groups is 1. The van der Waals surface area contributed by atoms with Gasteiger partial charge in [-0.1, -0.05) is 6.92 Å². The van der Waals surface area contributed by atoms with E-state index in [4.69, 9.17) is 17.0 Å². The summed E-state index contributed by atoms with van der Waals surface area (Å²) in [6, 6.07) is 7.82. The van der Waals surface area contributed by atoms with E-state index >= 15 is 0 Å². The highest BCUT2D eigenvalue weighted by molar-refractivity contribution is 7.80. The molecule has 4 heteroatoms. The normalized spacial score (nSPS) is 9.69. The van der Waals surface area contributed by atoms with Crippen LogP contribution in [0.4, 0.5) is 5.69 Å². The highest BCUT2D eigenvalue weighted by Crippen LogP contribution is 2.18. The summed E-state index contributed by atoms with van der Waals surface area (Å²) in [6.45, 7) is 3.02. The Bertz CT molecular complexity index is 337. The summed E-state index contributed by atoms with van der Waals surface area (Å²) in [4.78, 5) is 1.95. The van der Waals surface area contributed by atoms with Gasteiger partial charge in [0.15, 0.2) is 5.11 Å². The van der Waals surface area contributed by atoms with Crippen LogP contribution in [0, 0.1) is 0 Å². The van der Waals surface area contributed by atoms with E-state index in [1.54, 1.807) is 7.11 Å². The number of rotatable bonds is 4. The first-order chi connectivity index (χ1) is 7.69. The van der Waals surface area contributed by atoms with E-state index in [0.29, 0.717) is 0 Å². The van der Waals surface area contributed by atoms with Crippen molar-refractivity contribution in [1.82, 2.24) is 5.32 Å². The van der Waals surface area contributed by atoms with E-state index in [1.807, 2.05) is 36.2 Å². The minimum absolute atomic E-state index is 0.743. The Labute approximate surface area is 102 Å². The first-order valence-corrected chi connectivity index (χ1v) is 5.75. The molecule has 1 rings (SSSR count). The van der Waals surface area contributed by atoms with Crippen molar-refractivity contribution in [2.24, 2.45) is 0 Å². The van der Waals surface area contributed by atoms with Gasteiger partial charge in [-0.2, -0.15) is 0 Å². The van der Waals surface area contributed by atoms with Gasteiger partial charge in [-0.05, 0) is 42.9 Å². The van der Waals surface area contributed by atoms with Crippen LogP contribution >= 0.6 is 12.2 Å². The maximum Gasteiger partial charge on any atom is 0.173 e. The Morgan fingerprint density at radius 2 is 2.00 bits per heavy atom. The molecule has 0 bridgehead atoms. The van der Waals surface area contributed by atoms with Crippen molar-refractivity contribution in [2.75, 3.05) is 25.6 Å². The van der Waals surface area contributed by atoms with Gasteiger partial charge in [0.2, 0.25) is 0 Å². The Hall–Kier alpha value is -1.29. The average Bonchev–Trinajstić information content (AvgIpc) is 2.35. The molecule has 88 valence electrons. The first-order valence-electron chi connectivity index (χ1n) is 5.34. The average molecular weight is 238 g/mol. The fourth-order valence-corrected chi connectivity index (χ4v) is 1.48. The van der Waals surface area contributed by atoms with Crippen LogP contribution in [0.3, 0.4) is 0 Å². The van der Waals surface area contributed by atoms with Crippen LogP contribution in [0.25, 0.3) is 0 Å². The van der Waals surface area contributed by atoms with Gasteiger partial charge in [-0.15, -0.1) is 0 Å². The second-order valence-corrected chi connectivity index (χ2v) is 3.88. The third-order valence-corrected chi connectivity index (χ3v) is 2.71. The molecule has 0 saturated heterocycles. The zero-order valence-electron chi connectivity index (χ0n) is 9.99. The molecular weight excluding hydrogens is 220 g/mol. The van der Waals surface area contributed by atoms with Gasteiger partial charge in [0, 0.05) is 19.3 Å². The minimum Gasteiger partial charge on any atom is -0.497 e. The van der Waals surface area contributed by atoms with Crippen molar-refractivity contribution >= 4 is 23.0 Å². The van der Waals surface area contributed by atoms with Gasteiger partial charge in [-0.3, -0.25) is 0 Å². The van der Waals surface area contributed by atoms with Crippen molar-refractivity contribution in [1.29, 1.82) is 0 Å². The number of nitrogens with one attached hydrogen (secondary N) is 1. The zero-order valence-corrected chi connectivity index (χ0v) is 10.8. The third-order valence-electron chi connectivity index (χ3n) is 2.29. The van der Waals surface area contributed by atoms with Crippen LogP contribution in [-0.4, -0.2) is 25.8 Å². The molecule has 0 aliphatic carbocycles. The Morgan fingerprint density at radius 3 is 2.50 bits per heavy atom. The van der Waals surface area contributed by atoms with Crippen LogP contribution in [-0.2, 0) is 0 Å². The SMILES string of the molecule is CCCNC(=S)N(C)c1ccc(OC)cc1. The second-order valence-electron chi connectivity index (χ2n) is 3.49. The van der Waals surface area contributed by atoms with E-state index in [0.717, 1.165) is 29.5 Å². The third kappa shape index (κ3) is 3.38. The highest BCUT2D eigenvalue weighted by atomic mass is 32.1. The summed E-state index contributed by atoms with van der Waals surface area (Å²) in [6.07, 6.45) is 1.07. The number of methoxy groups -OCH3 is 1. The van der Waals surface area contributed by atoms with Gasteiger partial charge in [0.1, 0.15) is 5.75 Å². The van der Waals surface area contributed by atoms with Crippen molar-refractivity contribution in [2.45, 2.75) is 13.3 Å². The molecule has 1 N–H and O–H groups in total. The van der Waals surface area contributed by atoms with E-state index in [2.05, 4.69) is 12.2 Å². The molecule has 0 saturated carbocycles. The van der Waals surface area contributed by atoms with E-state index in [9.17, 15) is 0 Å². The number of benzene rings is 1. The molecule has 1 aromatic carbocycles. The second kappa shape index (κ2) is 6.33. The van der Waals surface area contributed by atoms with Crippen molar-refractivity contribution in [3.63, 3.8) is 0 Å². The Balaban J connectivity index is 2.64. The molecule has 0 fully saturated rings. The maximum absolute atomic E-state index is 5.27. The van der Waals surface area contributed by atoms with Gasteiger partial charge in [0.25, 0.3) is 0 Å². The van der Waals surface area contributed by atoms with Gasteiger partial charge in [0.05, 0.1) is 7.11 Å². The van der Waals surface area contributed by atoms with Crippen LogP contribution in [0.1, 0.15) is 13.3 Å². The predicted molar refractivity (Wildman–Crippen MR) is 72.3 cm³/mol. The minimum atomic E-state index is 0.743. The largest absolute Gasteiger partial charge is 0.497 e. The molecule has 0 radical (unpaired) electrons. The van der Waals surface area contributed by atoms with Crippen molar-refractivity contribution < 1.29 is 4.74 Å². The highest BCUT2D eigenvalue weighted by Gasteiger charge is 2.05. The first kappa shape index (κ1) is 12.8. The van der Waals surface area contributed by atoms with E-state index in [1.165, 1.54) is 0 Å². The number of hydrogen-bond acceptors (Lipinski definition) is 2. The summed E-state index contributed by atoms with van der Waals surface area (Å²) in [5.74, 6) is 0.851.